The van der Waals surface area contributed by atoms with E-state index in [4.69, 9.17) is 4.74 Å². The van der Waals surface area contributed by atoms with Crippen molar-refractivity contribution >= 4 is 0 Å². The summed E-state index contributed by atoms with van der Waals surface area (Å²) in [6.45, 7) is 8.73. The average Bonchev–Trinajstić information content (AvgIpc) is 2.96. The predicted molar refractivity (Wildman–Crippen MR) is 98.0 cm³/mol. The molecule has 0 amide bonds. The van der Waals surface area contributed by atoms with E-state index in [1.165, 1.54) is 11.1 Å². The highest BCUT2D eigenvalue weighted by atomic mass is 16.5. The number of fused-ring (bicyclic) bond motifs is 2. The van der Waals surface area contributed by atoms with Crippen LogP contribution in [-0.2, 0) is 4.74 Å². The van der Waals surface area contributed by atoms with Crippen LogP contribution in [0.4, 0.5) is 0 Å². The van der Waals surface area contributed by atoms with E-state index in [1.807, 2.05) is 0 Å². The largest absolute Gasteiger partial charge is 0.392 e. The Hall–Kier alpha value is -0.680. The van der Waals surface area contributed by atoms with Gasteiger partial charge in [-0.1, -0.05) is 38.0 Å². The Bertz CT molecular complexity index is 593. The van der Waals surface area contributed by atoms with Crippen LogP contribution in [0.3, 0.4) is 0 Å². The summed E-state index contributed by atoms with van der Waals surface area (Å²) in [6, 6.07) is 0. The van der Waals surface area contributed by atoms with Gasteiger partial charge in [0.05, 0.1) is 18.8 Å². The van der Waals surface area contributed by atoms with Crippen molar-refractivity contribution in [3.05, 3.63) is 22.8 Å². The third kappa shape index (κ3) is 2.91. The molecule has 25 heavy (non-hydrogen) atoms. The maximum absolute atomic E-state index is 11.2. The first-order valence-corrected chi connectivity index (χ1v) is 9.67. The van der Waals surface area contributed by atoms with Gasteiger partial charge < -0.3 is 20.1 Å². The van der Waals surface area contributed by atoms with Gasteiger partial charge in [0.15, 0.2) is 0 Å². The first kappa shape index (κ1) is 19.1. The van der Waals surface area contributed by atoms with Crippen molar-refractivity contribution in [3.63, 3.8) is 0 Å². The summed E-state index contributed by atoms with van der Waals surface area (Å²) < 4.78 is 5.31. The number of methoxy groups -OCH3 is 1. The summed E-state index contributed by atoms with van der Waals surface area (Å²) in [4.78, 5) is 0. The van der Waals surface area contributed by atoms with Crippen LogP contribution < -0.4 is 0 Å². The molecule has 0 radical (unpaired) electrons. The summed E-state index contributed by atoms with van der Waals surface area (Å²) in [5.41, 5.74) is 1.90. The van der Waals surface area contributed by atoms with Crippen LogP contribution in [0.15, 0.2) is 22.8 Å². The van der Waals surface area contributed by atoms with E-state index in [0.29, 0.717) is 25.2 Å². The molecular weight excluding hydrogens is 316 g/mol. The lowest BCUT2D eigenvalue weighted by Crippen LogP contribution is -2.40. The fraction of sp³-hybridized carbons (Fsp3) is 0.810. The van der Waals surface area contributed by atoms with Gasteiger partial charge in [-0.2, -0.15) is 0 Å². The Kier molecular flexibility index (Phi) is 4.95. The summed E-state index contributed by atoms with van der Waals surface area (Å²) in [6.07, 6.45) is 3.96. The molecule has 0 aromatic heterocycles. The Morgan fingerprint density at radius 1 is 1.28 bits per heavy atom. The molecule has 0 bridgehead atoms. The lowest BCUT2D eigenvalue weighted by atomic mass is 9.68. The Morgan fingerprint density at radius 3 is 2.56 bits per heavy atom. The van der Waals surface area contributed by atoms with Gasteiger partial charge in [0.1, 0.15) is 5.60 Å². The molecule has 3 N–H and O–H groups in total. The van der Waals surface area contributed by atoms with Crippen molar-refractivity contribution in [2.24, 2.45) is 23.2 Å². The zero-order valence-electron chi connectivity index (χ0n) is 16.2. The van der Waals surface area contributed by atoms with E-state index in [-0.39, 0.29) is 18.4 Å². The van der Waals surface area contributed by atoms with Crippen LogP contribution >= 0.6 is 0 Å². The van der Waals surface area contributed by atoms with Crippen molar-refractivity contribution in [2.45, 2.75) is 71.2 Å². The molecule has 1 saturated carbocycles. The minimum absolute atomic E-state index is 0.0836. The minimum Gasteiger partial charge on any atom is -0.392 e. The zero-order valence-corrected chi connectivity index (χ0v) is 16.2. The zero-order chi connectivity index (χ0) is 18.6. The Morgan fingerprint density at radius 2 is 1.96 bits per heavy atom. The summed E-state index contributed by atoms with van der Waals surface area (Å²) in [5.74, 6) is 0.577. The number of aliphatic hydroxyl groups excluding tert-OH is 2. The van der Waals surface area contributed by atoms with E-state index in [2.05, 4.69) is 33.8 Å². The molecule has 0 spiro atoms. The second-order valence-electron chi connectivity index (χ2n) is 9.00. The molecule has 6 atom stereocenters. The molecule has 0 heterocycles. The molecule has 0 aromatic rings. The highest BCUT2D eigenvalue weighted by molar-refractivity contribution is 5.42. The molecule has 3 aliphatic rings. The van der Waals surface area contributed by atoms with Gasteiger partial charge in [-0.05, 0) is 55.9 Å². The van der Waals surface area contributed by atoms with Gasteiger partial charge in [0, 0.05) is 12.5 Å². The second-order valence-corrected chi connectivity index (χ2v) is 9.00. The van der Waals surface area contributed by atoms with E-state index < -0.39 is 23.2 Å². The van der Waals surface area contributed by atoms with Crippen LogP contribution in [-0.4, -0.2) is 46.8 Å². The third-order valence-corrected chi connectivity index (χ3v) is 7.14. The van der Waals surface area contributed by atoms with Crippen LogP contribution in [0.2, 0.25) is 0 Å². The fourth-order valence-corrected chi connectivity index (χ4v) is 5.42. The molecule has 0 unspecified atom stereocenters. The fourth-order valence-electron chi connectivity index (χ4n) is 5.42. The SMILES string of the molecule is COC[C@@]1(O)CC[C@@H]2/C1=C\[C@]1(C)C(=C(C(C)C)C[C@@H]1O)C[C@H](O)[C@@H]2C. The molecule has 4 nitrogen and oxygen atoms in total. The van der Waals surface area contributed by atoms with Crippen molar-refractivity contribution in [1.82, 2.24) is 0 Å². The molecule has 0 aromatic carbocycles. The molecule has 0 saturated heterocycles. The van der Waals surface area contributed by atoms with E-state index >= 15 is 0 Å². The third-order valence-electron chi connectivity index (χ3n) is 7.14. The van der Waals surface area contributed by atoms with Gasteiger partial charge in [0.2, 0.25) is 0 Å². The average molecular weight is 350 g/mol. The first-order chi connectivity index (χ1) is 11.6. The molecule has 1 fully saturated rings. The second kappa shape index (κ2) is 6.49. The lowest BCUT2D eigenvalue weighted by Gasteiger charge is -2.39. The van der Waals surface area contributed by atoms with Crippen molar-refractivity contribution in [3.8, 4) is 0 Å². The summed E-state index contributed by atoms with van der Waals surface area (Å²) in [5, 5.41) is 33.1. The molecular formula is C21H34O4. The number of ether oxygens (including phenoxy) is 1. The van der Waals surface area contributed by atoms with Crippen molar-refractivity contribution in [2.75, 3.05) is 13.7 Å². The highest BCUT2D eigenvalue weighted by Gasteiger charge is 2.52. The smallest absolute Gasteiger partial charge is 0.109 e. The maximum atomic E-state index is 11.2. The normalized spacial score (nSPS) is 46.5. The molecule has 0 aliphatic heterocycles. The monoisotopic (exact) mass is 350 g/mol. The van der Waals surface area contributed by atoms with Crippen LogP contribution in [0.25, 0.3) is 0 Å². The van der Waals surface area contributed by atoms with Crippen LogP contribution in [0, 0.1) is 23.2 Å². The number of aliphatic hydroxyl groups is 3. The van der Waals surface area contributed by atoms with Gasteiger partial charge >= 0.3 is 0 Å². The molecule has 3 aliphatic carbocycles. The van der Waals surface area contributed by atoms with Gasteiger partial charge in [-0.3, -0.25) is 0 Å². The predicted octanol–water partition coefficient (Wildman–Crippen LogP) is 2.82. The van der Waals surface area contributed by atoms with E-state index in [9.17, 15) is 15.3 Å². The standard InChI is InChI=1S/C21H34O4/c1-12(2)15-8-19(23)20(4)10-17-14(6-7-21(17,24)11-25-5)13(3)18(22)9-16(15)20/h10,12-14,18-19,22-24H,6-9,11H2,1-5H3/b17-10+/t13-,14+,18+,19+,20-,21+/m1/s1. The molecule has 3 rings (SSSR count). The van der Waals surface area contributed by atoms with E-state index in [0.717, 1.165) is 12.0 Å². The van der Waals surface area contributed by atoms with E-state index in [1.54, 1.807) is 7.11 Å². The van der Waals surface area contributed by atoms with Crippen molar-refractivity contribution in [1.29, 1.82) is 0 Å². The highest BCUT2D eigenvalue weighted by Crippen LogP contribution is 2.55. The quantitative estimate of drug-likeness (QED) is 0.685. The van der Waals surface area contributed by atoms with Crippen molar-refractivity contribution < 1.29 is 20.1 Å². The van der Waals surface area contributed by atoms with Crippen LogP contribution in [0.5, 0.6) is 0 Å². The molecule has 4 heteroatoms. The van der Waals surface area contributed by atoms with Gasteiger partial charge in [-0.15, -0.1) is 0 Å². The number of hydrogen-bond acceptors (Lipinski definition) is 4. The first-order valence-electron chi connectivity index (χ1n) is 9.67. The molecule has 142 valence electrons. The summed E-state index contributed by atoms with van der Waals surface area (Å²) >= 11 is 0. The maximum Gasteiger partial charge on any atom is 0.109 e. The topological polar surface area (TPSA) is 69.9 Å². The van der Waals surface area contributed by atoms with Crippen LogP contribution in [0.1, 0.15) is 53.4 Å². The lowest BCUT2D eigenvalue weighted by molar-refractivity contribution is -0.00253. The summed E-state index contributed by atoms with van der Waals surface area (Å²) in [7, 11) is 1.61. The van der Waals surface area contributed by atoms with Gasteiger partial charge in [0.25, 0.3) is 0 Å². The Balaban J connectivity index is 2.17. The number of hydrogen-bond donors (Lipinski definition) is 3. The Labute approximate surface area is 151 Å². The minimum atomic E-state index is -0.987. The van der Waals surface area contributed by atoms with Gasteiger partial charge in [-0.25, -0.2) is 0 Å². The number of rotatable bonds is 3.